The molecular formula is C23H34N4O5S. The highest BCUT2D eigenvalue weighted by molar-refractivity contribution is 7.98. The standard InChI is InChI=1S/C23H34N4O5S/c1-6-14(4)18(20(28)25-16(22(30)31)11-12-33-5)26-23(32)27-17-10-8-7-9-15(17)24-21(29)19(27)13(2)3/h7-10,13-14,16,18-19H,6,11-12H2,1-5H3,(H,24,29)(H,25,28)(H,26,32)(H,30,31)/t14-,16+,18-,19+/m1/s1. The second-order valence-electron chi connectivity index (χ2n) is 8.56. The topological polar surface area (TPSA) is 128 Å². The molecule has 9 nitrogen and oxygen atoms in total. The van der Waals surface area contributed by atoms with E-state index < -0.39 is 36.0 Å². The Kier molecular flexibility index (Phi) is 9.57. The van der Waals surface area contributed by atoms with Crippen molar-refractivity contribution < 1.29 is 24.3 Å². The second-order valence-corrected chi connectivity index (χ2v) is 9.54. The number of carboxylic acids is 1. The number of nitrogens with one attached hydrogen (secondary N) is 3. The number of para-hydroxylation sites is 2. The molecule has 0 fully saturated rings. The number of hydrogen-bond donors (Lipinski definition) is 4. The summed E-state index contributed by atoms with van der Waals surface area (Å²) in [5, 5.41) is 17.7. The Morgan fingerprint density at radius 1 is 1.18 bits per heavy atom. The van der Waals surface area contributed by atoms with Crippen LogP contribution in [0.1, 0.15) is 40.5 Å². The lowest BCUT2D eigenvalue weighted by Gasteiger charge is -2.39. The number of aliphatic carboxylic acids is 1. The maximum Gasteiger partial charge on any atom is 0.326 e. The van der Waals surface area contributed by atoms with Gasteiger partial charge in [-0.25, -0.2) is 9.59 Å². The summed E-state index contributed by atoms with van der Waals surface area (Å²) >= 11 is 1.49. The van der Waals surface area contributed by atoms with Crippen molar-refractivity contribution >= 4 is 47.0 Å². The third kappa shape index (κ3) is 6.40. The van der Waals surface area contributed by atoms with Crippen LogP contribution in [0.15, 0.2) is 24.3 Å². The molecule has 0 radical (unpaired) electrons. The van der Waals surface area contributed by atoms with Crippen molar-refractivity contribution in [1.29, 1.82) is 0 Å². The van der Waals surface area contributed by atoms with Gasteiger partial charge in [-0.15, -0.1) is 0 Å². The molecule has 182 valence electrons. The fraction of sp³-hybridized carbons (Fsp3) is 0.565. The molecule has 4 amide bonds. The average Bonchev–Trinajstić information content (AvgIpc) is 2.77. The molecule has 0 saturated carbocycles. The van der Waals surface area contributed by atoms with Gasteiger partial charge in [-0.2, -0.15) is 11.8 Å². The van der Waals surface area contributed by atoms with Crippen LogP contribution in [0.3, 0.4) is 0 Å². The van der Waals surface area contributed by atoms with Crippen LogP contribution in [0.4, 0.5) is 16.2 Å². The van der Waals surface area contributed by atoms with E-state index in [1.807, 2.05) is 34.0 Å². The van der Waals surface area contributed by atoms with Crippen molar-refractivity contribution in [3.63, 3.8) is 0 Å². The largest absolute Gasteiger partial charge is 0.480 e. The fourth-order valence-electron chi connectivity index (χ4n) is 3.76. The number of carbonyl (C=O) groups is 4. The Bertz CT molecular complexity index is 878. The highest BCUT2D eigenvalue weighted by Crippen LogP contribution is 2.34. The molecule has 10 heteroatoms. The molecule has 0 bridgehead atoms. The van der Waals surface area contributed by atoms with Crippen LogP contribution in [-0.2, 0) is 14.4 Å². The normalized spacial score (nSPS) is 18.1. The summed E-state index contributed by atoms with van der Waals surface area (Å²) in [6.07, 6.45) is 2.73. The van der Waals surface area contributed by atoms with Crippen LogP contribution in [0.5, 0.6) is 0 Å². The van der Waals surface area contributed by atoms with Gasteiger partial charge in [-0.1, -0.05) is 46.2 Å². The summed E-state index contributed by atoms with van der Waals surface area (Å²) in [5.74, 6) is -1.83. The molecule has 2 rings (SSSR count). The van der Waals surface area contributed by atoms with Gasteiger partial charge >= 0.3 is 12.0 Å². The lowest BCUT2D eigenvalue weighted by Crippen LogP contribution is -2.61. The summed E-state index contributed by atoms with van der Waals surface area (Å²) in [5.41, 5.74) is 1.06. The van der Waals surface area contributed by atoms with Gasteiger partial charge in [-0.05, 0) is 42.4 Å². The lowest BCUT2D eigenvalue weighted by atomic mass is 9.96. The number of benzene rings is 1. The van der Waals surface area contributed by atoms with Crippen LogP contribution < -0.4 is 20.9 Å². The SMILES string of the molecule is CC[C@@H](C)[C@@H](NC(=O)N1c2ccccc2NC(=O)[C@@H]1C(C)C)C(=O)N[C@@H](CCSC)C(=O)O. The first-order valence-corrected chi connectivity index (χ1v) is 12.5. The van der Waals surface area contributed by atoms with Gasteiger partial charge in [-0.3, -0.25) is 14.5 Å². The van der Waals surface area contributed by atoms with Crippen LogP contribution in [0.25, 0.3) is 0 Å². The van der Waals surface area contributed by atoms with Crippen molar-refractivity contribution in [3.05, 3.63) is 24.3 Å². The lowest BCUT2D eigenvalue weighted by molar-refractivity contribution is -0.142. The van der Waals surface area contributed by atoms with Gasteiger partial charge in [0.25, 0.3) is 0 Å². The van der Waals surface area contributed by atoms with Crippen molar-refractivity contribution in [2.45, 2.75) is 58.7 Å². The molecular weight excluding hydrogens is 444 g/mol. The molecule has 1 aromatic rings. The van der Waals surface area contributed by atoms with E-state index in [1.165, 1.54) is 16.7 Å². The smallest absolute Gasteiger partial charge is 0.326 e. The number of thioether (sulfide) groups is 1. The van der Waals surface area contributed by atoms with E-state index in [0.29, 0.717) is 23.5 Å². The molecule has 0 unspecified atom stereocenters. The third-order valence-electron chi connectivity index (χ3n) is 5.82. The zero-order valence-electron chi connectivity index (χ0n) is 19.8. The Morgan fingerprint density at radius 3 is 2.42 bits per heavy atom. The van der Waals surface area contributed by atoms with Gasteiger partial charge in [0, 0.05) is 0 Å². The minimum atomic E-state index is -1.12. The minimum Gasteiger partial charge on any atom is -0.480 e. The van der Waals surface area contributed by atoms with E-state index in [-0.39, 0.29) is 24.2 Å². The van der Waals surface area contributed by atoms with Gasteiger partial charge in [0.05, 0.1) is 11.4 Å². The Morgan fingerprint density at radius 2 is 1.85 bits per heavy atom. The molecule has 0 spiro atoms. The summed E-state index contributed by atoms with van der Waals surface area (Å²) in [6.45, 7) is 7.40. The number of carbonyl (C=O) groups excluding carboxylic acids is 3. The molecule has 1 aliphatic heterocycles. The van der Waals surface area contributed by atoms with E-state index >= 15 is 0 Å². The monoisotopic (exact) mass is 478 g/mol. The van der Waals surface area contributed by atoms with Gasteiger partial charge in [0.15, 0.2) is 0 Å². The molecule has 33 heavy (non-hydrogen) atoms. The number of carboxylic acid groups (broad SMARTS) is 1. The van der Waals surface area contributed by atoms with Crippen LogP contribution in [0.2, 0.25) is 0 Å². The van der Waals surface area contributed by atoms with E-state index in [4.69, 9.17) is 0 Å². The van der Waals surface area contributed by atoms with Gasteiger partial charge in [0.2, 0.25) is 11.8 Å². The van der Waals surface area contributed by atoms with Crippen LogP contribution in [0, 0.1) is 11.8 Å². The summed E-state index contributed by atoms with van der Waals surface area (Å²) in [6, 6.07) is 3.66. The van der Waals surface area contributed by atoms with Crippen LogP contribution in [-0.4, -0.2) is 59.1 Å². The maximum atomic E-state index is 13.5. The van der Waals surface area contributed by atoms with Gasteiger partial charge < -0.3 is 21.1 Å². The molecule has 4 N–H and O–H groups in total. The number of urea groups is 1. The number of rotatable bonds is 10. The minimum absolute atomic E-state index is 0.178. The number of amides is 4. The highest BCUT2D eigenvalue weighted by atomic mass is 32.2. The van der Waals surface area contributed by atoms with E-state index in [1.54, 1.807) is 24.3 Å². The summed E-state index contributed by atoms with van der Waals surface area (Å²) in [4.78, 5) is 52.3. The molecule has 0 aliphatic carbocycles. The first kappa shape index (κ1) is 26.5. The number of hydrogen-bond acceptors (Lipinski definition) is 5. The van der Waals surface area contributed by atoms with Crippen molar-refractivity contribution in [2.24, 2.45) is 11.8 Å². The summed E-state index contributed by atoms with van der Waals surface area (Å²) in [7, 11) is 0. The van der Waals surface area contributed by atoms with Gasteiger partial charge in [0.1, 0.15) is 18.1 Å². The maximum absolute atomic E-state index is 13.5. The first-order chi connectivity index (χ1) is 15.6. The van der Waals surface area contributed by atoms with Crippen molar-refractivity contribution in [2.75, 3.05) is 22.2 Å². The number of anilines is 2. The molecule has 0 saturated heterocycles. The predicted octanol–water partition coefficient (Wildman–Crippen LogP) is 2.92. The fourth-order valence-corrected chi connectivity index (χ4v) is 4.23. The third-order valence-corrected chi connectivity index (χ3v) is 6.46. The van der Waals surface area contributed by atoms with Crippen molar-refractivity contribution in [1.82, 2.24) is 10.6 Å². The van der Waals surface area contributed by atoms with E-state index in [0.717, 1.165) is 0 Å². The molecule has 1 heterocycles. The average molecular weight is 479 g/mol. The zero-order valence-corrected chi connectivity index (χ0v) is 20.6. The Labute approximate surface area is 199 Å². The second kappa shape index (κ2) is 11.9. The molecule has 1 aromatic carbocycles. The van der Waals surface area contributed by atoms with E-state index in [9.17, 15) is 24.3 Å². The number of nitrogens with zero attached hydrogens (tertiary/aromatic N) is 1. The predicted molar refractivity (Wildman–Crippen MR) is 131 cm³/mol. The zero-order chi connectivity index (χ0) is 24.7. The van der Waals surface area contributed by atoms with Crippen molar-refractivity contribution in [3.8, 4) is 0 Å². The summed E-state index contributed by atoms with van der Waals surface area (Å²) < 4.78 is 0. The Hall–Kier alpha value is -2.75. The highest BCUT2D eigenvalue weighted by Gasteiger charge is 2.40. The number of fused-ring (bicyclic) bond motifs is 1. The van der Waals surface area contributed by atoms with Crippen LogP contribution >= 0.6 is 11.8 Å². The van der Waals surface area contributed by atoms with E-state index in [2.05, 4.69) is 16.0 Å². The quantitative estimate of drug-likeness (QED) is 0.409. The molecule has 4 atom stereocenters. The first-order valence-electron chi connectivity index (χ1n) is 11.1. The molecule has 0 aromatic heterocycles. The Balaban J connectivity index is 2.32. The molecule has 1 aliphatic rings.